The van der Waals surface area contributed by atoms with Crippen LogP contribution < -0.4 is 16.4 Å². The summed E-state index contributed by atoms with van der Waals surface area (Å²) in [5.74, 6) is -1.87. The molecule has 0 saturated heterocycles. The van der Waals surface area contributed by atoms with E-state index < -0.39 is 42.5 Å². The van der Waals surface area contributed by atoms with E-state index in [-0.39, 0.29) is 6.42 Å². The maximum Gasteiger partial charge on any atom is 0.326 e. The van der Waals surface area contributed by atoms with Crippen molar-refractivity contribution in [3.63, 3.8) is 0 Å². The van der Waals surface area contributed by atoms with Gasteiger partial charge in [0.1, 0.15) is 12.1 Å². The van der Waals surface area contributed by atoms with Crippen molar-refractivity contribution in [1.29, 1.82) is 0 Å². The van der Waals surface area contributed by atoms with Crippen molar-refractivity contribution in [2.45, 2.75) is 31.0 Å². The Hall–Kier alpha value is -2.10. The SMILES string of the molecule is CSCCC(N)C(=O)NC(CO)C(=O)NC(Cc1ccccc1)C(=O)O. The van der Waals surface area contributed by atoms with E-state index in [2.05, 4.69) is 10.6 Å². The van der Waals surface area contributed by atoms with E-state index in [4.69, 9.17) is 5.73 Å². The summed E-state index contributed by atoms with van der Waals surface area (Å²) < 4.78 is 0. The second-order valence-electron chi connectivity index (χ2n) is 5.72. The van der Waals surface area contributed by atoms with Crippen molar-refractivity contribution in [3.8, 4) is 0 Å². The Labute approximate surface area is 156 Å². The minimum absolute atomic E-state index is 0.0846. The largest absolute Gasteiger partial charge is 0.480 e. The molecule has 6 N–H and O–H groups in total. The van der Waals surface area contributed by atoms with Crippen LogP contribution in [0.25, 0.3) is 0 Å². The summed E-state index contributed by atoms with van der Waals surface area (Å²) in [7, 11) is 0. The van der Waals surface area contributed by atoms with Gasteiger partial charge in [0.15, 0.2) is 0 Å². The number of amides is 2. The lowest BCUT2D eigenvalue weighted by molar-refractivity contribution is -0.142. The van der Waals surface area contributed by atoms with Gasteiger partial charge in [-0.25, -0.2) is 4.79 Å². The number of nitrogens with two attached hydrogens (primary N) is 1. The molecular formula is C17H25N3O5S. The number of aliphatic carboxylic acids is 1. The normalized spacial score (nSPS) is 14.1. The van der Waals surface area contributed by atoms with Gasteiger partial charge in [0.25, 0.3) is 0 Å². The number of thioether (sulfide) groups is 1. The number of carboxylic acid groups (broad SMARTS) is 1. The molecule has 0 aromatic heterocycles. The van der Waals surface area contributed by atoms with E-state index in [9.17, 15) is 24.6 Å². The number of aliphatic hydroxyl groups excluding tert-OH is 1. The second kappa shape index (κ2) is 11.5. The molecule has 0 fully saturated rings. The third-order valence-corrected chi connectivity index (χ3v) is 4.33. The van der Waals surface area contributed by atoms with E-state index in [0.717, 1.165) is 5.56 Å². The van der Waals surface area contributed by atoms with Gasteiger partial charge in [-0.05, 0) is 24.0 Å². The monoisotopic (exact) mass is 383 g/mol. The van der Waals surface area contributed by atoms with E-state index in [1.807, 2.05) is 6.26 Å². The molecule has 0 saturated carbocycles. The van der Waals surface area contributed by atoms with Gasteiger partial charge >= 0.3 is 5.97 Å². The van der Waals surface area contributed by atoms with Gasteiger partial charge in [-0.3, -0.25) is 9.59 Å². The zero-order chi connectivity index (χ0) is 19.5. The number of carboxylic acids is 1. The molecule has 0 spiro atoms. The number of nitrogens with one attached hydrogen (secondary N) is 2. The number of hydrogen-bond donors (Lipinski definition) is 5. The number of carbonyl (C=O) groups excluding carboxylic acids is 2. The first kappa shape index (κ1) is 21.9. The fourth-order valence-electron chi connectivity index (χ4n) is 2.17. The fourth-order valence-corrected chi connectivity index (χ4v) is 2.66. The molecule has 1 aromatic rings. The minimum Gasteiger partial charge on any atom is -0.480 e. The van der Waals surface area contributed by atoms with E-state index in [1.54, 1.807) is 30.3 Å². The van der Waals surface area contributed by atoms with E-state index in [0.29, 0.717) is 12.2 Å². The van der Waals surface area contributed by atoms with Crippen LogP contribution in [0.4, 0.5) is 0 Å². The number of benzene rings is 1. The molecule has 0 aliphatic carbocycles. The smallest absolute Gasteiger partial charge is 0.326 e. The van der Waals surface area contributed by atoms with Crippen molar-refractivity contribution in [3.05, 3.63) is 35.9 Å². The van der Waals surface area contributed by atoms with Gasteiger partial charge in [-0.2, -0.15) is 11.8 Å². The van der Waals surface area contributed by atoms with Gasteiger partial charge < -0.3 is 26.6 Å². The highest BCUT2D eigenvalue weighted by atomic mass is 32.2. The Morgan fingerprint density at radius 2 is 1.73 bits per heavy atom. The first-order valence-corrected chi connectivity index (χ1v) is 9.51. The summed E-state index contributed by atoms with van der Waals surface area (Å²) in [6.07, 6.45) is 2.40. The van der Waals surface area contributed by atoms with Crippen molar-refractivity contribution in [2.75, 3.05) is 18.6 Å². The Kier molecular flexibility index (Phi) is 9.71. The molecule has 2 amide bonds. The third kappa shape index (κ3) is 7.42. The molecule has 144 valence electrons. The van der Waals surface area contributed by atoms with Gasteiger partial charge in [0.05, 0.1) is 12.6 Å². The van der Waals surface area contributed by atoms with Gasteiger partial charge in [0.2, 0.25) is 11.8 Å². The number of aliphatic hydroxyl groups is 1. The maximum atomic E-state index is 12.3. The summed E-state index contributed by atoms with van der Waals surface area (Å²) in [5.41, 5.74) is 6.46. The van der Waals surface area contributed by atoms with Gasteiger partial charge in [0, 0.05) is 6.42 Å². The highest BCUT2D eigenvalue weighted by Crippen LogP contribution is 2.04. The Morgan fingerprint density at radius 3 is 2.27 bits per heavy atom. The first-order valence-electron chi connectivity index (χ1n) is 8.11. The van der Waals surface area contributed by atoms with Crippen LogP contribution >= 0.6 is 11.8 Å². The zero-order valence-electron chi connectivity index (χ0n) is 14.6. The lowest BCUT2D eigenvalue weighted by Crippen LogP contribution is -2.56. The van der Waals surface area contributed by atoms with Crippen LogP contribution in [-0.2, 0) is 20.8 Å². The van der Waals surface area contributed by atoms with E-state index >= 15 is 0 Å². The van der Waals surface area contributed by atoms with Crippen molar-refractivity contribution in [1.82, 2.24) is 10.6 Å². The predicted molar refractivity (Wildman–Crippen MR) is 99.7 cm³/mol. The Bertz CT molecular complexity index is 599. The van der Waals surface area contributed by atoms with Crippen LogP contribution in [0.3, 0.4) is 0 Å². The Balaban J connectivity index is 2.67. The molecule has 0 aliphatic rings. The van der Waals surface area contributed by atoms with Gasteiger partial charge in [-0.15, -0.1) is 0 Å². The summed E-state index contributed by atoms with van der Waals surface area (Å²) in [6, 6.07) is 5.59. The number of rotatable bonds is 11. The third-order valence-electron chi connectivity index (χ3n) is 3.68. The lowest BCUT2D eigenvalue weighted by Gasteiger charge is -2.21. The average Bonchev–Trinajstić information content (AvgIpc) is 2.63. The van der Waals surface area contributed by atoms with Crippen LogP contribution in [0.1, 0.15) is 12.0 Å². The topological polar surface area (TPSA) is 142 Å². The van der Waals surface area contributed by atoms with Crippen LogP contribution in [0.2, 0.25) is 0 Å². The van der Waals surface area contributed by atoms with Crippen LogP contribution in [-0.4, -0.2) is 64.7 Å². The molecule has 0 heterocycles. The summed E-state index contributed by atoms with van der Waals surface area (Å²) in [6.45, 7) is -0.662. The minimum atomic E-state index is -1.26. The summed E-state index contributed by atoms with van der Waals surface area (Å²) >= 11 is 1.54. The lowest BCUT2D eigenvalue weighted by atomic mass is 10.1. The molecule has 0 bridgehead atoms. The summed E-state index contributed by atoms with van der Waals surface area (Å²) in [4.78, 5) is 35.6. The highest BCUT2D eigenvalue weighted by molar-refractivity contribution is 7.98. The highest BCUT2D eigenvalue weighted by Gasteiger charge is 2.27. The molecule has 26 heavy (non-hydrogen) atoms. The predicted octanol–water partition coefficient (Wildman–Crippen LogP) is -0.644. The van der Waals surface area contributed by atoms with Crippen molar-refractivity contribution >= 4 is 29.5 Å². The fraction of sp³-hybridized carbons (Fsp3) is 0.471. The molecule has 9 heteroatoms. The maximum absolute atomic E-state index is 12.3. The van der Waals surface area contributed by atoms with Crippen LogP contribution in [0.15, 0.2) is 30.3 Å². The standard InChI is InChI=1S/C17H25N3O5S/c1-26-8-7-12(18)15(22)20-14(10-21)16(23)19-13(17(24)25)9-11-5-3-2-4-6-11/h2-6,12-14,21H,7-10,18H2,1H3,(H,19,23)(H,20,22)(H,24,25). The molecule has 1 aromatic carbocycles. The molecule has 3 unspecified atom stereocenters. The second-order valence-corrected chi connectivity index (χ2v) is 6.71. The molecule has 0 radical (unpaired) electrons. The number of carbonyl (C=O) groups is 3. The van der Waals surface area contributed by atoms with E-state index in [1.165, 1.54) is 11.8 Å². The van der Waals surface area contributed by atoms with Gasteiger partial charge in [-0.1, -0.05) is 30.3 Å². The molecule has 0 aliphatic heterocycles. The van der Waals surface area contributed by atoms with Crippen LogP contribution in [0.5, 0.6) is 0 Å². The molecule has 1 rings (SSSR count). The zero-order valence-corrected chi connectivity index (χ0v) is 15.4. The molecular weight excluding hydrogens is 358 g/mol. The molecule has 8 nitrogen and oxygen atoms in total. The van der Waals surface area contributed by atoms with Crippen LogP contribution in [0, 0.1) is 0 Å². The summed E-state index contributed by atoms with van der Waals surface area (Å²) in [5, 5.41) is 23.4. The van der Waals surface area contributed by atoms with Crippen molar-refractivity contribution in [2.24, 2.45) is 5.73 Å². The van der Waals surface area contributed by atoms with Crippen molar-refractivity contribution < 1.29 is 24.6 Å². The first-order chi connectivity index (χ1) is 12.4. The molecule has 3 atom stereocenters. The number of hydrogen-bond acceptors (Lipinski definition) is 6. The quantitative estimate of drug-likeness (QED) is 0.342. The average molecular weight is 383 g/mol. The Morgan fingerprint density at radius 1 is 1.12 bits per heavy atom.